The predicted octanol–water partition coefficient (Wildman–Crippen LogP) is 1.92. The van der Waals surface area contributed by atoms with Crippen LogP contribution in [-0.4, -0.2) is 40.9 Å². The maximum atomic E-state index is 14.2. The van der Waals surface area contributed by atoms with E-state index < -0.39 is 17.4 Å². The van der Waals surface area contributed by atoms with Gasteiger partial charge in [0.05, 0.1) is 11.7 Å². The summed E-state index contributed by atoms with van der Waals surface area (Å²) >= 11 is 0. The first-order valence-electron chi connectivity index (χ1n) is 6.11. The molecule has 1 atom stereocenters. The van der Waals surface area contributed by atoms with Crippen LogP contribution in [0.2, 0.25) is 0 Å². The fraction of sp³-hybridized carbons (Fsp3) is 0.538. The molecule has 1 aromatic heterocycles. The number of hydrogen-bond acceptors (Lipinski definition) is 4. The van der Waals surface area contributed by atoms with Gasteiger partial charge in [-0.15, -0.1) is 0 Å². The molecule has 1 aromatic rings. The van der Waals surface area contributed by atoms with Crippen molar-refractivity contribution in [2.24, 2.45) is 0 Å². The van der Waals surface area contributed by atoms with Crippen molar-refractivity contribution < 1.29 is 19.0 Å². The van der Waals surface area contributed by atoms with Gasteiger partial charge in [-0.05, 0) is 26.8 Å². The molecule has 2 rings (SSSR count). The molecule has 5 nitrogen and oxygen atoms in total. The van der Waals surface area contributed by atoms with Crippen LogP contribution >= 0.6 is 0 Å². The molecular formula is C13H17FN2O3. The average molecular weight is 268 g/mol. The number of morpholine rings is 1. The Balaban J connectivity index is 2.36. The molecular weight excluding hydrogens is 251 g/mol. The van der Waals surface area contributed by atoms with E-state index in [9.17, 15) is 9.18 Å². The number of rotatable bonds is 2. The second-order valence-electron chi connectivity index (χ2n) is 5.37. The standard InChI is InChI=1S/C13H17FN2O3/c1-8-6-16(7-13(2,3)19-8)11-10(14)9(12(17)18)4-5-15-11/h4-5,8H,6-7H2,1-3H3,(H,17,18). The number of carboxylic acids is 1. The van der Waals surface area contributed by atoms with E-state index in [0.29, 0.717) is 13.1 Å². The van der Waals surface area contributed by atoms with E-state index in [1.807, 2.05) is 20.8 Å². The van der Waals surface area contributed by atoms with E-state index in [4.69, 9.17) is 9.84 Å². The highest BCUT2D eigenvalue weighted by atomic mass is 19.1. The first-order chi connectivity index (χ1) is 8.80. The highest BCUT2D eigenvalue weighted by Gasteiger charge is 2.33. The molecule has 0 spiro atoms. The molecule has 1 N–H and O–H groups in total. The third kappa shape index (κ3) is 2.84. The van der Waals surface area contributed by atoms with Crippen molar-refractivity contribution in [1.29, 1.82) is 0 Å². The molecule has 1 saturated heterocycles. The van der Waals surface area contributed by atoms with Gasteiger partial charge in [0.2, 0.25) is 0 Å². The van der Waals surface area contributed by atoms with Crippen LogP contribution in [0.15, 0.2) is 12.3 Å². The smallest absolute Gasteiger partial charge is 0.338 e. The zero-order valence-electron chi connectivity index (χ0n) is 11.2. The second-order valence-corrected chi connectivity index (χ2v) is 5.37. The van der Waals surface area contributed by atoms with Gasteiger partial charge in [-0.1, -0.05) is 0 Å². The molecule has 0 bridgehead atoms. The van der Waals surface area contributed by atoms with Crippen molar-refractivity contribution in [3.8, 4) is 0 Å². The molecule has 0 aromatic carbocycles. The minimum absolute atomic E-state index is 0.0709. The fourth-order valence-corrected chi connectivity index (χ4v) is 2.43. The minimum atomic E-state index is -1.29. The Morgan fingerprint density at radius 1 is 1.63 bits per heavy atom. The molecule has 1 aliphatic rings. The number of aromatic nitrogens is 1. The number of pyridine rings is 1. The lowest BCUT2D eigenvalue weighted by molar-refractivity contribution is -0.0753. The van der Waals surface area contributed by atoms with E-state index in [1.54, 1.807) is 4.90 Å². The molecule has 1 fully saturated rings. The largest absolute Gasteiger partial charge is 0.478 e. The Labute approximate surface area is 111 Å². The van der Waals surface area contributed by atoms with Gasteiger partial charge in [-0.2, -0.15) is 0 Å². The van der Waals surface area contributed by atoms with Crippen molar-refractivity contribution >= 4 is 11.8 Å². The summed E-state index contributed by atoms with van der Waals surface area (Å²) in [7, 11) is 0. The summed E-state index contributed by atoms with van der Waals surface area (Å²) in [6, 6.07) is 1.16. The minimum Gasteiger partial charge on any atom is -0.478 e. The number of nitrogens with zero attached hydrogens (tertiary/aromatic N) is 2. The lowest BCUT2D eigenvalue weighted by Gasteiger charge is -2.42. The molecule has 1 unspecified atom stereocenters. The number of ether oxygens (including phenoxy) is 1. The lowest BCUT2D eigenvalue weighted by atomic mass is 10.1. The molecule has 104 valence electrons. The molecule has 2 heterocycles. The molecule has 1 aliphatic heterocycles. The zero-order chi connectivity index (χ0) is 14.2. The average Bonchev–Trinajstić information content (AvgIpc) is 2.25. The molecule has 0 saturated carbocycles. The fourth-order valence-electron chi connectivity index (χ4n) is 2.43. The van der Waals surface area contributed by atoms with E-state index in [-0.39, 0.29) is 17.5 Å². The third-order valence-corrected chi connectivity index (χ3v) is 2.97. The Kier molecular flexibility index (Phi) is 3.45. The van der Waals surface area contributed by atoms with E-state index >= 15 is 0 Å². The van der Waals surface area contributed by atoms with Gasteiger partial charge in [0.15, 0.2) is 11.6 Å². The molecule has 19 heavy (non-hydrogen) atoms. The quantitative estimate of drug-likeness (QED) is 0.888. The molecule has 0 amide bonds. The van der Waals surface area contributed by atoms with Crippen LogP contribution in [0.5, 0.6) is 0 Å². The maximum absolute atomic E-state index is 14.2. The Morgan fingerprint density at radius 3 is 2.89 bits per heavy atom. The van der Waals surface area contributed by atoms with Crippen LogP contribution in [-0.2, 0) is 4.74 Å². The van der Waals surface area contributed by atoms with Crippen LogP contribution in [0, 0.1) is 5.82 Å². The van der Waals surface area contributed by atoms with Crippen molar-refractivity contribution in [2.45, 2.75) is 32.5 Å². The first kappa shape index (κ1) is 13.7. The SMILES string of the molecule is CC1CN(c2nccc(C(=O)O)c2F)CC(C)(C)O1. The maximum Gasteiger partial charge on any atom is 0.338 e. The summed E-state index contributed by atoms with van der Waals surface area (Å²) in [6.07, 6.45) is 1.24. The first-order valence-corrected chi connectivity index (χ1v) is 6.11. The third-order valence-electron chi connectivity index (χ3n) is 2.97. The van der Waals surface area contributed by atoms with Crippen LogP contribution < -0.4 is 4.90 Å². The van der Waals surface area contributed by atoms with Gasteiger partial charge in [0, 0.05) is 19.3 Å². The summed E-state index contributed by atoms with van der Waals surface area (Å²) in [4.78, 5) is 16.6. The van der Waals surface area contributed by atoms with E-state index in [0.717, 1.165) is 6.07 Å². The Bertz CT molecular complexity index is 505. The number of carbonyl (C=O) groups is 1. The summed E-state index contributed by atoms with van der Waals surface area (Å²) < 4.78 is 19.9. The van der Waals surface area contributed by atoms with Gasteiger partial charge in [-0.25, -0.2) is 14.2 Å². The van der Waals surface area contributed by atoms with Crippen molar-refractivity contribution in [1.82, 2.24) is 4.98 Å². The van der Waals surface area contributed by atoms with Gasteiger partial charge in [0.1, 0.15) is 5.56 Å². The summed E-state index contributed by atoms with van der Waals surface area (Å²) in [6.45, 7) is 6.66. The molecule has 0 aliphatic carbocycles. The summed E-state index contributed by atoms with van der Waals surface area (Å²) in [5.74, 6) is -2.01. The predicted molar refractivity (Wildman–Crippen MR) is 68.0 cm³/mol. The number of anilines is 1. The van der Waals surface area contributed by atoms with Crippen LogP contribution in [0.1, 0.15) is 31.1 Å². The number of halogens is 1. The number of aromatic carboxylic acids is 1. The van der Waals surface area contributed by atoms with Crippen molar-refractivity contribution in [3.05, 3.63) is 23.6 Å². The normalized spacial score (nSPS) is 22.3. The van der Waals surface area contributed by atoms with Crippen LogP contribution in [0.4, 0.5) is 10.2 Å². The summed E-state index contributed by atoms with van der Waals surface area (Å²) in [5, 5.41) is 8.93. The van der Waals surface area contributed by atoms with Gasteiger partial charge in [0.25, 0.3) is 0 Å². The molecule has 0 radical (unpaired) electrons. The molecule has 6 heteroatoms. The topological polar surface area (TPSA) is 62.7 Å². The van der Waals surface area contributed by atoms with Gasteiger partial charge < -0.3 is 14.7 Å². The Hall–Kier alpha value is -1.69. The van der Waals surface area contributed by atoms with Crippen molar-refractivity contribution in [2.75, 3.05) is 18.0 Å². The Morgan fingerprint density at radius 2 is 2.32 bits per heavy atom. The second kappa shape index (κ2) is 4.77. The highest BCUT2D eigenvalue weighted by molar-refractivity contribution is 5.88. The van der Waals surface area contributed by atoms with E-state index in [2.05, 4.69) is 4.98 Å². The van der Waals surface area contributed by atoms with Crippen LogP contribution in [0.25, 0.3) is 0 Å². The summed E-state index contributed by atoms with van der Waals surface area (Å²) in [5.41, 5.74) is -0.785. The van der Waals surface area contributed by atoms with Gasteiger partial charge in [-0.3, -0.25) is 0 Å². The number of hydrogen-bond donors (Lipinski definition) is 1. The van der Waals surface area contributed by atoms with Gasteiger partial charge >= 0.3 is 5.97 Å². The monoisotopic (exact) mass is 268 g/mol. The zero-order valence-corrected chi connectivity index (χ0v) is 11.2. The lowest BCUT2D eigenvalue weighted by Crippen LogP contribution is -2.52. The number of carboxylic acid groups (broad SMARTS) is 1. The highest BCUT2D eigenvalue weighted by Crippen LogP contribution is 2.27. The van der Waals surface area contributed by atoms with Crippen molar-refractivity contribution in [3.63, 3.8) is 0 Å². The van der Waals surface area contributed by atoms with E-state index in [1.165, 1.54) is 6.20 Å². The van der Waals surface area contributed by atoms with Crippen LogP contribution in [0.3, 0.4) is 0 Å².